The third-order valence-electron chi connectivity index (χ3n) is 2.60. The second-order valence-corrected chi connectivity index (χ2v) is 3.87. The number of carboxylic acid groups (broad SMARTS) is 1. The summed E-state index contributed by atoms with van der Waals surface area (Å²) in [5, 5.41) is 12.8. The Morgan fingerprint density at radius 2 is 2.26 bits per heavy atom. The van der Waals surface area contributed by atoms with E-state index in [1.165, 1.54) is 30.0 Å². The molecule has 2 aromatic rings. The molecule has 0 aliphatic rings. The Balaban J connectivity index is 2.35. The first kappa shape index (κ1) is 12.9. The van der Waals surface area contributed by atoms with Crippen LogP contribution in [-0.4, -0.2) is 28.0 Å². The van der Waals surface area contributed by atoms with E-state index in [2.05, 4.69) is 5.10 Å². The number of rotatable bonds is 4. The molecule has 7 nitrogen and oxygen atoms in total. The standard InChI is InChI=1S/C12H12N2O5/c1-7-8(5-9(19-7)12(16)17)6-14-11(15)4-3-10(13-14)18-2/h3-5H,6H2,1-2H3,(H,16,17). The Hall–Kier alpha value is -2.57. The van der Waals surface area contributed by atoms with Gasteiger partial charge in [-0.3, -0.25) is 4.79 Å². The van der Waals surface area contributed by atoms with E-state index < -0.39 is 5.97 Å². The first-order valence-corrected chi connectivity index (χ1v) is 5.46. The summed E-state index contributed by atoms with van der Waals surface area (Å²) in [6.07, 6.45) is 0. The molecule has 2 heterocycles. The number of carbonyl (C=O) groups is 1. The lowest BCUT2D eigenvalue weighted by molar-refractivity contribution is 0.0661. The van der Waals surface area contributed by atoms with Crippen LogP contribution in [0.15, 0.2) is 27.4 Å². The van der Waals surface area contributed by atoms with Crippen LogP contribution in [0.2, 0.25) is 0 Å². The van der Waals surface area contributed by atoms with Gasteiger partial charge in [0.05, 0.1) is 13.7 Å². The predicted molar refractivity (Wildman–Crippen MR) is 64.6 cm³/mol. The lowest BCUT2D eigenvalue weighted by Gasteiger charge is -2.04. The molecule has 2 rings (SSSR count). The van der Waals surface area contributed by atoms with Crippen molar-refractivity contribution in [3.8, 4) is 5.88 Å². The van der Waals surface area contributed by atoms with Crippen LogP contribution >= 0.6 is 0 Å². The molecule has 0 saturated carbocycles. The lowest BCUT2D eigenvalue weighted by Crippen LogP contribution is -2.22. The minimum absolute atomic E-state index is 0.124. The van der Waals surface area contributed by atoms with Crippen molar-refractivity contribution >= 4 is 5.97 Å². The Morgan fingerprint density at radius 1 is 1.53 bits per heavy atom. The summed E-state index contributed by atoms with van der Waals surface area (Å²) in [7, 11) is 1.45. The normalized spacial score (nSPS) is 10.4. The highest BCUT2D eigenvalue weighted by atomic mass is 16.5. The molecule has 2 aromatic heterocycles. The molecule has 0 unspecified atom stereocenters. The van der Waals surface area contributed by atoms with Crippen molar-refractivity contribution in [3.63, 3.8) is 0 Å². The maximum Gasteiger partial charge on any atom is 0.371 e. The molecule has 0 aromatic carbocycles. The van der Waals surface area contributed by atoms with E-state index in [0.29, 0.717) is 17.2 Å². The van der Waals surface area contributed by atoms with E-state index >= 15 is 0 Å². The molecule has 0 aliphatic carbocycles. The van der Waals surface area contributed by atoms with Crippen LogP contribution in [0.1, 0.15) is 21.9 Å². The zero-order valence-corrected chi connectivity index (χ0v) is 10.4. The number of hydrogen-bond acceptors (Lipinski definition) is 5. The summed E-state index contributed by atoms with van der Waals surface area (Å²) in [4.78, 5) is 22.4. The summed E-state index contributed by atoms with van der Waals surface area (Å²) in [6.45, 7) is 1.76. The van der Waals surface area contributed by atoms with Crippen molar-refractivity contribution in [2.24, 2.45) is 0 Å². The van der Waals surface area contributed by atoms with Crippen molar-refractivity contribution in [2.75, 3.05) is 7.11 Å². The van der Waals surface area contributed by atoms with Gasteiger partial charge < -0.3 is 14.3 Å². The van der Waals surface area contributed by atoms with Gasteiger partial charge in [0, 0.05) is 17.7 Å². The fraction of sp³-hybridized carbons (Fsp3) is 0.250. The Morgan fingerprint density at radius 3 is 2.84 bits per heavy atom. The molecule has 7 heteroatoms. The SMILES string of the molecule is COc1ccc(=O)n(Cc2cc(C(=O)O)oc2C)n1. The highest BCUT2D eigenvalue weighted by Gasteiger charge is 2.14. The number of aryl methyl sites for hydroxylation is 1. The van der Waals surface area contributed by atoms with E-state index in [4.69, 9.17) is 14.3 Å². The van der Waals surface area contributed by atoms with Crippen LogP contribution in [-0.2, 0) is 6.54 Å². The second kappa shape index (κ2) is 4.97. The molecule has 0 spiro atoms. The Kier molecular flexibility index (Phi) is 3.37. The van der Waals surface area contributed by atoms with Gasteiger partial charge in [-0.1, -0.05) is 0 Å². The minimum atomic E-state index is -1.15. The summed E-state index contributed by atoms with van der Waals surface area (Å²) < 4.78 is 11.2. The number of nitrogens with zero attached hydrogens (tertiary/aromatic N) is 2. The summed E-state index contributed by atoms with van der Waals surface area (Å²) in [6, 6.07) is 4.17. The van der Waals surface area contributed by atoms with Gasteiger partial charge in [-0.05, 0) is 13.0 Å². The molecule has 0 aliphatic heterocycles. The van der Waals surface area contributed by atoms with Crippen LogP contribution in [0.25, 0.3) is 0 Å². The molecular formula is C12H12N2O5. The van der Waals surface area contributed by atoms with Crippen LogP contribution in [0.3, 0.4) is 0 Å². The van der Waals surface area contributed by atoms with Crippen molar-refractivity contribution < 1.29 is 19.1 Å². The fourth-order valence-corrected chi connectivity index (χ4v) is 1.60. The summed E-state index contributed by atoms with van der Waals surface area (Å²) in [5.41, 5.74) is 0.276. The van der Waals surface area contributed by atoms with E-state index in [9.17, 15) is 9.59 Å². The molecule has 100 valence electrons. The third kappa shape index (κ3) is 2.65. The number of carboxylic acids is 1. The molecule has 0 amide bonds. The number of furan rings is 1. The van der Waals surface area contributed by atoms with Gasteiger partial charge >= 0.3 is 5.97 Å². The maximum absolute atomic E-state index is 11.6. The summed E-state index contributed by atoms with van der Waals surface area (Å²) >= 11 is 0. The first-order valence-electron chi connectivity index (χ1n) is 5.46. The molecule has 0 saturated heterocycles. The molecular weight excluding hydrogens is 252 g/mol. The van der Waals surface area contributed by atoms with Gasteiger partial charge in [-0.15, -0.1) is 5.10 Å². The topological polar surface area (TPSA) is 94.6 Å². The largest absolute Gasteiger partial charge is 0.480 e. The van der Waals surface area contributed by atoms with E-state index in [1.807, 2.05) is 0 Å². The van der Waals surface area contributed by atoms with E-state index in [1.54, 1.807) is 6.92 Å². The molecule has 0 radical (unpaired) electrons. The number of aromatic carboxylic acids is 1. The zero-order chi connectivity index (χ0) is 14.0. The van der Waals surface area contributed by atoms with Gasteiger partial charge in [0.15, 0.2) is 0 Å². The Labute approximate surface area is 108 Å². The molecule has 19 heavy (non-hydrogen) atoms. The molecule has 0 atom stereocenters. The van der Waals surface area contributed by atoms with Gasteiger partial charge in [-0.25, -0.2) is 9.48 Å². The van der Waals surface area contributed by atoms with Crippen molar-refractivity contribution in [2.45, 2.75) is 13.5 Å². The highest BCUT2D eigenvalue weighted by Crippen LogP contribution is 2.15. The van der Waals surface area contributed by atoms with Crippen LogP contribution < -0.4 is 10.3 Å². The van der Waals surface area contributed by atoms with Gasteiger partial charge in [-0.2, -0.15) is 0 Å². The number of hydrogen-bond donors (Lipinski definition) is 1. The minimum Gasteiger partial charge on any atom is -0.480 e. The highest BCUT2D eigenvalue weighted by molar-refractivity contribution is 5.84. The van der Waals surface area contributed by atoms with Crippen molar-refractivity contribution in [1.29, 1.82) is 0 Å². The summed E-state index contributed by atoms with van der Waals surface area (Å²) in [5.74, 6) is -0.572. The van der Waals surface area contributed by atoms with Crippen molar-refractivity contribution in [3.05, 3.63) is 45.6 Å². The zero-order valence-electron chi connectivity index (χ0n) is 10.4. The van der Waals surface area contributed by atoms with Gasteiger partial charge in [0.1, 0.15) is 5.76 Å². The number of methoxy groups -OCH3 is 1. The average molecular weight is 264 g/mol. The van der Waals surface area contributed by atoms with E-state index in [0.717, 1.165) is 0 Å². The molecule has 1 N–H and O–H groups in total. The van der Waals surface area contributed by atoms with Crippen LogP contribution in [0.5, 0.6) is 5.88 Å². The molecule has 0 fully saturated rings. The van der Waals surface area contributed by atoms with Gasteiger partial charge in [0.2, 0.25) is 11.6 Å². The Bertz CT molecular complexity index is 671. The van der Waals surface area contributed by atoms with Crippen LogP contribution in [0.4, 0.5) is 0 Å². The predicted octanol–water partition coefficient (Wildman–Crippen LogP) is 0.900. The molecule has 0 bridgehead atoms. The van der Waals surface area contributed by atoms with E-state index in [-0.39, 0.29) is 17.9 Å². The number of ether oxygens (including phenoxy) is 1. The second-order valence-electron chi connectivity index (χ2n) is 3.87. The fourth-order valence-electron chi connectivity index (χ4n) is 1.60. The maximum atomic E-state index is 11.6. The lowest BCUT2D eigenvalue weighted by atomic mass is 10.2. The van der Waals surface area contributed by atoms with Gasteiger partial charge in [0.25, 0.3) is 5.56 Å². The first-order chi connectivity index (χ1) is 9.01. The monoisotopic (exact) mass is 264 g/mol. The quantitative estimate of drug-likeness (QED) is 0.881. The average Bonchev–Trinajstić information content (AvgIpc) is 2.74. The smallest absolute Gasteiger partial charge is 0.371 e. The third-order valence-corrected chi connectivity index (χ3v) is 2.60. The van der Waals surface area contributed by atoms with Crippen molar-refractivity contribution in [1.82, 2.24) is 9.78 Å². The number of aromatic nitrogens is 2. The van der Waals surface area contributed by atoms with Crippen LogP contribution in [0, 0.1) is 6.92 Å².